The number of carbonyl (C=O) groups is 2. The molecule has 0 bridgehead atoms. The van der Waals surface area contributed by atoms with Crippen molar-refractivity contribution >= 4 is 33.5 Å². The molecule has 0 fully saturated rings. The van der Waals surface area contributed by atoms with Crippen molar-refractivity contribution in [3.05, 3.63) is 28.8 Å². The highest BCUT2D eigenvalue weighted by molar-refractivity contribution is 7.89. The molecule has 1 amide bonds. The predicted molar refractivity (Wildman–Crippen MR) is 85.8 cm³/mol. The van der Waals surface area contributed by atoms with Gasteiger partial charge < -0.3 is 10.4 Å². The molecule has 0 aliphatic heterocycles. The molecule has 24 heavy (non-hydrogen) atoms. The number of sulfonamides is 1. The van der Waals surface area contributed by atoms with Gasteiger partial charge in [0.05, 0.1) is 15.5 Å². The minimum atomic E-state index is -4.18. The van der Waals surface area contributed by atoms with Gasteiger partial charge in [-0.25, -0.2) is 8.42 Å². The number of aliphatic carboxylic acids is 1. The summed E-state index contributed by atoms with van der Waals surface area (Å²) in [5, 5.41) is 20.3. The fraction of sp³-hybridized carbons (Fsp3) is 0.357. The van der Waals surface area contributed by atoms with Gasteiger partial charge in [-0.3, -0.25) is 9.59 Å². The maximum atomic E-state index is 12.7. The van der Waals surface area contributed by atoms with Crippen molar-refractivity contribution in [2.45, 2.75) is 24.8 Å². The van der Waals surface area contributed by atoms with Crippen LogP contribution in [0.3, 0.4) is 0 Å². The monoisotopic (exact) mass is 373 g/mol. The average molecular weight is 374 g/mol. The van der Waals surface area contributed by atoms with Gasteiger partial charge in [-0.2, -0.15) is 9.57 Å². The first kappa shape index (κ1) is 19.9. The maximum Gasteiger partial charge on any atom is 0.321 e. The van der Waals surface area contributed by atoms with Crippen LogP contribution in [0.4, 0.5) is 0 Å². The predicted octanol–water partition coefficient (Wildman–Crippen LogP) is 0.812. The van der Waals surface area contributed by atoms with Crippen LogP contribution < -0.4 is 5.32 Å². The molecular formula is C14H16ClN3O5S. The van der Waals surface area contributed by atoms with Gasteiger partial charge in [0, 0.05) is 20.0 Å². The zero-order valence-corrected chi connectivity index (χ0v) is 14.6. The second kappa shape index (κ2) is 8.10. The Labute approximate surface area is 144 Å². The Morgan fingerprint density at radius 2 is 2.08 bits per heavy atom. The van der Waals surface area contributed by atoms with Crippen LogP contribution in [0.2, 0.25) is 5.02 Å². The van der Waals surface area contributed by atoms with Gasteiger partial charge in [0.2, 0.25) is 15.9 Å². The Morgan fingerprint density at radius 3 is 2.54 bits per heavy atom. The lowest BCUT2D eigenvalue weighted by atomic mass is 10.2. The van der Waals surface area contributed by atoms with Crippen molar-refractivity contribution in [2.75, 3.05) is 13.1 Å². The fourth-order valence-corrected chi connectivity index (χ4v) is 3.77. The number of carboxylic acids is 1. The SMILES string of the molecule is CC(=O)NCCN(C(C)C(=O)O)S(=O)(=O)c1ccc(C#N)c(Cl)c1. The summed E-state index contributed by atoms with van der Waals surface area (Å²) in [6.07, 6.45) is 0. The Morgan fingerprint density at radius 1 is 1.46 bits per heavy atom. The van der Waals surface area contributed by atoms with E-state index in [4.69, 9.17) is 22.0 Å². The molecular weight excluding hydrogens is 358 g/mol. The van der Waals surface area contributed by atoms with E-state index in [1.165, 1.54) is 26.0 Å². The second-order valence-corrected chi connectivity index (χ2v) is 7.16. The Kier molecular flexibility index (Phi) is 6.71. The van der Waals surface area contributed by atoms with Crippen LogP contribution in [-0.4, -0.2) is 48.8 Å². The van der Waals surface area contributed by atoms with Gasteiger partial charge in [0.25, 0.3) is 0 Å². The highest BCUT2D eigenvalue weighted by Gasteiger charge is 2.33. The standard InChI is InChI=1S/C14H16ClN3O5S/c1-9(14(20)21)18(6-5-17-10(2)19)24(22,23)12-4-3-11(8-16)13(15)7-12/h3-4,7,9H,5-6H2,1-2H3,(H,17,19)(H,20,21). The Balaban J connectivity index is 3.23. The highest BCUT2D eigenvalue weighted by atomic mass is 35.5. The van der Waals surface area contributed by atoms with Crippen molar-refractivity contribution in [3.63, 3.8) is 0 Å². The first-order valence-corrected chi connectivity index (χ1v) is 8.61. The number of carboxylic acid groups (broad SMARTS) is 1. The zero-order valence-electron chi connectivity index (χ0n) is 13.0. The molecule has 0 aromatic heterocycles. The van der Waals surface area contributed by atoms with Crippen LogP contribution in [0.5, 0.6) is 0 Å². The van der Waals surface area contributed by atoms with E-state index in [1.54, 1.807) is 0 Å². The highest BCUT2D eigenvalue weighted by Crippen LogP contribution is 2.24. The van der Waals surface area contributed by atoms with E-state index >= 15 is 0 Å². The van der Waals surface area contributed by atoms with Crippen LogP contribution in [0.15, 0.2) is 23.1 Å². The number of nitriles is 1. The third kappa shape index (κ3) is 4.67. The number of benzene rings is 1. The normalized spacial score (nSPS) is 12.5. The van der Waals surface area contributed by atoms with E-state index in [9.17, 15) is 18.0 Å². The molecule has 0 heterocycles. The van der Waals surface area contributed by atoms with Gasteiger partial charge in [0.15, 0.2) is 0 Å². The number of amides is 1. The molecule has 0 saturated heterocycles. The lowest BCUT2D eigenvalue weighted by molar-refractivity contribution is -0.140. The molecule has 1 rings (SSSR count). The van der Waals surface area contributed by atoms with E-state index in [2.05, 4.69) is 5.32 Å². The molecule has 10 heteroatoms. The van der Waals surface area contributed by atoms with E-state index in [1.807, 2.05) is 6.07 Å². The summed E-state index contributed by atoms with van der Waals surface area (Å²) in [5.74, 6) is -1.70. The molecule has 0 aliphatic rings. The quantitative estimate of drug-likeness (QED) is 0.728. The van der Waals surface area contributed by atoms with Gasteiger partial charge in [-0.15, -0.1) is 0 Å². The summed E-state index contributed by atoms with van der Waals surface area (Å²) in [6.45, 7) is 2.21. The van der Waals surface area contributed by atoms with Crippen LogP contribution in [-0.2, 0) is 19.6 Å². The second-order valence-electron chi connectivity index (χ2n) is 4.87. The summed E-state index contributed by atoms with van der Waals surface area (Å²) < 4.78 is 26.2. The Bertz CT molecular complexity index is 788. The topological polar surface area (TPSA) is 128 Å². The molecule has 2 N–H and O–H groups in total. The zero-order chi connectivity index (χ0) is 18.5. The largest absolute Gasteiger partial charge is 0.480 e. The third-order valence-corrected chi connectivity index (χ3v) is 5.44. The molecule has 0 saturated carbocycles. The first-order valence-electron chi connectivity index (χ1n) is 6.80. The molecule has 8 nitrogen and oxygen atoms in total. The molecule has 1 aromatic carbocycles. The lowest BCUT2D eigenvalue weighted by Gasteiger charge is -2.26. The van der Waals surface area contributed by atoms with Crippen LogP contribution >= 0.6 is 11.6 Å². The molecule has 1 aromatic rings. The first-order chi connectivity index (χ1) is 11.1. The minimum Gasteiger partial charge on any atom is -0.480 e. The van der Waals surface area contributed by atoms with Crippen LogP contribution in [0.25, 0.3) is 0 Å². The van der Waals surface area contributed by atoms with Gasteiger partial charge in [-0.05, 0) is 25.1 Å². The summed E-state index contributed by atoms with van der Waals surface area (Å²) in [4.78, 5) is 21.9. The molecule has 130 valence electrons. The van der Waals surface area contributed by atoms with Crippen LogP contribution in [0.1, 0.15) is 19.4 Å². The summed E-state index contributed by atoms with van der Waals surface area (Å²) in [7, 11) is -4.18. The van der Waals surface area contributed by atoms with Gasteiger partial charge in [-0.1, -0.05) is 11.6 Å². The smallest absolute Gasteiger partial charge is 0.321 e. The summed E-state index contributed by atoms with van der Waals surface area (Å²) >= 11 is 5.85. The molecule has 0 radical (unpaired) electrons. The maximum absolute atomic E-state index is 12.7. The fourth-order valence-electron chi connectivity index (χ4n) is 1.87. The van der Waals surface area contributed by atoms with E-state index in [-0.39, 0.29) is 34.5 Å². The van der Waals surface area contributed by atoms with Crippen molar-refractivity contribution in [3.8, 4) is 6.07 Å². The van der Waals surface area contributed by atoms with Gasteiger partial charge in [0.1, 0.15) is 12.1 Å². The van der Waals surface area contributed by atoms with Gasteiger partial charge >= 0.3 is 5.97 Å². The van der Waals surface area contributed by atoms with Crippen molar-refractivity contribution < 1.29 is 23.1 Å². The molecule has 0 spiro atoms. The number of hydrogen-bond acceptors (Lipinski definition) is 5. The van der Waals surface area contributed by atoms with Crippen LogP contribution in [0, 0.1) is 11.3 Å². The number of hydrogen-bond donors (Lipinski definition) is 2. The summed E-state index contributed by atoms with van der Waals surface area (Å²) in [6, 6.07) is 3.98. The molecule has 1 unspecified atom stereocenters. The van der Waals surface area contributed by atoms with Crippen molar-refractivity contribution in [1.29, 1.82) is 5.26 Å². The van der Waals surface area contributed by atoms with E-state index in [0.29, 0.717) is 0 Å². The lowest BCUT2D eigenvalue weighted by Crippen LogP contribution is -2.46. The number of halogens is 1. The molecule has 1 atom stereocenters. The van der Waals surface area contributed by atoms with Crippen molar-refractivity contribution in [1.82, 2.24) is 9.62 Å². The number of nitrogens with zero attached hydrogens (tertiary/aromatic N) is 2. The molecule has 0 aliphatic carbocycles. The summed E-state index contributed by atoms with van der Waals surface area (Å²) in [5.41, 5.74) is 0.103. The average Bonchev–Trinajstić information content (AvgIpc) is 2.50. The third-order valence-electron chi connectivity index (χ3n) is 3.16. The van der Waals surface area contributed by atoms with Crippen molar-refractivity contribution in [2.24, 2.45) is 0 Å². The number of rotatable bonds is 7. The van der Waals surface area contributed by atoms with E-state index < -0.39 is 22.0 Å². The Hall–Kier alpha value is -2.15. The van der Waals surface area contributed by atoms with E-state index in [0.717, 1.165) is 10.4 Å². The number of nitrogens with one attached hydrogen (secondary N) is 1. The number of carbonyl (C=O) groups excluding carboxylic acids is 1. The minimum absolute atomic E-state index is 0.0454.